The van der Waals surface area contributed by atoms with Gasteiger partial charge in [-0.05, 0) is 50.7 Å². The molecule has 30 heavy (non-hydrogen) atoms. The molecule has 0 radical (unpaired) electrons. The van der Waals surface area contributed by atoms with Crippen molar-refractivity contribution in [2.24, 2.45) is 5.92 Å². The summed E-state index contributed by atoms with van der Waals surface area (Å²) in [6.07, 6.45) is 5.62. The molecule has 0 saturated heterocycles. The van der Waals surface area contributed by atoms with Gasteiger partial charge in [0.2, 0.25) is 5.91 Å². The third-order valence-electron chi connectivity index (χ3n) is 5.20. The highest BCUT2D eigenvalue weighted by Crippen LogP contribution is 2.35. The van der Waals surface area contributed by atoms with Crippen LogP contribution >= 0.6 is 24.0 Å². The lowest BCUT2D eigenvalue weighted by Gasteiger charge is -2.27. The van der Waals surface area contributed by atoms with Crippen LogP contribution in [0.5, 0.6) is 0 Å². The van der Waals surface area contributed by atoms with E-state index in [0.717, 1.165) is 43.0 Å². The quantitative estimate of drug-likeness (QED) is 0.271. The molecule has 1 amide bonds. The van der Waals surface area contributed by atoms with Crippen molar-refractivity contribution in [1.29, 1.82) is 0 Å². The summed E-state index contributed by atoms with van der Waals surface area (Å²) in [5, 5.41) is 6.49. The SMILES string of the molecule is CCOC(=O)CCCC(=S)NCCCCC(C)C(=O)NC1CCSc2ccccc21. The number of ether oxygens (including phenoxy) is 1. The molecule has 2 rings (SSSR count). The van der Waals surface area contributed by atoms with Crippen LogP contribution in [0.4, 0.5) is 0 Å². The van der Waals surface area contributed by atoms with Gasteiger partial charge in [0.15, 0.2) is 0 Å². The van der Waals surface area contributed by atoms with Crippen molar-refractivity contribution in [2.45, 2.75) is 69.7 Å². The van der Waals surface area contributed by atoms with Crippen LogP contribution in [0.15, 0.2) is 29.2 Å². The third kappa shape index (κ3) is 8.64. The second-order valence-electron chi connectivity index (χ2n) is 7.64. The molecule has 1 heterocycles. The van der Waals surface area contributed by atoms with Crippen molar-refractivity contribution in [3.8, 4) is 0 Å². The van der Waals surface area contributed by atoms with Gasteiger partial charge in [-0.2, -0.15) is 0 Å². The van der Waals surface area contributed by atoms with Crippen LogP contribution in [0.1, 0.15) is 70.4 Å². The normalized spacial score (nSPS) is 16.3. The lowest BCUT2D eigenvalue weighted by molar-refractivity contribution is -0.143. The molecule has 1 aromatic carbocycles. The second kappa shape index (κ2) is 13.7. The predicted molar refractivity (Wildman–Crippen MR) is 127 cm³/mol. The number of fused-ring (bicyclic) bond motifs is 1. The smallest absolute Gasteiger partial charge is 0.305 e. The van der Waals surface area contributed by atoms with Crippen LogP contribution in [0.3, 0.4) is 0 Å². The number of carbonyl (C=O) groups is 2. The molecule has 0 spiro atoms. The highest BCUT2D eigenvalue weighted by molar-refractivity contribution is 7.99. The lowest BCUT2D eigenvalue weighted by Crippen LogP contribution is -2.34. The fourth-order valence-electron chi connectivity index (χ4n) is 3.46. The van der Waals surface area contributed by atoms with E-state index in [1.807, 2.05) is 31.7 Å². The van der Waals surface area contributed by atoms with E-state index in [0.29, 0.717) is 25.9 Å². The van der Waals surface area contributed by atoms with Crippen molar-refractivity contribution >= 4 is 40.8 Å². The second-order valence-corrected chi connectivity index (χ2v) is 9.27. The topological polar surface area (TPSA) is 67.4 Å². The molecular weight excluding hydrogens is 416 g/mol. The van der Waals surface area contributed by atoms with E-state index in [2.05, 4.69) is 28.8 Å². The summed E-state index contributed by atoms with van der Waals surface area (Å²) < 4.78 is 4.91. The molecule has 0 bridgehead atoms. The molecule has 1 aliphatic heterocycles. The maximum atomic E-state index is 12.6. The maximum absolute atomic E-state index is 12.6. The van der Waals surface area contributed by atoms with Gasteiger partial charge in [0.1, 0.15) is 0 Å². The zero-order valence-corrected chi connectivity index (χ0v) is 19.7. The van der Waals surface area contributed by atoms with Crippen molar-refractivity contribution in [1.82, 2.24) is 10.6 Å². The summed E-state index contributed by atoms with van der Waals surface area (Å²) in [6.45, 7) is 5.04. The molecular formula is C23H34N2O3S2. The number of amides is 1. The average Bonchev–Trinajstić information content (AvgIpc) is 2.73. The Balaban J connectivity index is 1.58. The highest BCUT2D eigenvalue weighted by atomic mass is 32.2. The number of thiocarbonyl (C=S) groups is 1. The van der Waals surface area contributed by atoms with Gasteiger partial charge in [0.25, 0.3) is 0 Å². The minimum Gasteiger partial charge on any atom is -0.466 e. The van der Waals surface area contributed by atoms with Crippen LogP contribution in [-0.2, 0) is 14.3 Å². The summed E-state index contributed by atoms with van der Waals surface area (Å²) in [4.78, 5) is 26.0. The van der Waals surface area contributed by atoms with Crippen LogP contribution in [0.2, 0.25) is 0 Å². The third-order valence-corrected chi connectivity index (χ3v) is 6.67. The molecule has 0 aromatic heterocycles. The first-order valence-electron chi connectivity index (χ1n) is 11.0. The zero-order valence-electron chi connectivity index (χ0n) is 18.1. The number of thioether (sulfide) groups is 1. The van der Waals surface area contributed by atoms with Crippen molar-refractivity contribution in [3.05, 3.63) is 29.8 Å². The molecule has 2 atom stereocenters. The van der Waals surface area contributed by atoms with Gasteiger partial charge in [-0.25, -0.2) is 0 Å². The number of nitrogens with one attached hydrogen (secondary N) is 2. The Kier molecular flexibility index (Phi) is 11.2. The Morgan fingerprint density at radius 2 is 2.03 bits per heavy atom. The van der Waals surface area contributed by atoms with Crippen LogP contribution < -0.4 is 10.6 Å². The Morgan fingerprint density at radius 1 is 1.23 bits per heavy atom. The van der Waals surface area contributed by atoms with E-state index >= 15 is 0 Å². The van der Waals surface area contributed by atoms with Crippen LogP contribution in [-0.4, -0.2) is 35.8 Å². The summed E-state index contributed by atoms with van der Waals surface area (Å²) in [5.74, 6) is 1.03. The minimum absolute atomic E-state index is 0.00303. The molecule has 1 aromatic rings. The van der Waals surface area contributed by atoms with Crippen LogP contribution in [0, 0.1) is 5.92 Å². The van der Waals surface area contributed by atoms with Gasteiger partial charge in [-0.15, -0.1) is 11.8 Å². The molecule has 7 heteroatoms. The molecule has 5 nitrogen and oxygen atoms in total. The number of unbranched alkanes of at least 4 members (excludes halogenated alkanes) is 1. The standard InChI is InChI=1S/C23H34N2O3S2/c1-3-28-22(26)13-8-12-21(29)24-15-7-6-9-17(2)23(27)25-19-14-16-30-20-11-5-4-10-18(19)20/h4-5,10-11,17,19H,3,6-9,12-16H2,1-2H3,(H,24,29)(H,25,27). The number of rotatable bonds is 12. The fourth-order valence-corrected chi connectivity index (χ4v) is 4.83. The van der Waals surface area contributed by atoms with E-state index in [9.17, 15) is 9.59 Å². The van der Waals surface area contributed by atoms with Gasteiger partial charge >= 0.3 is 5.97 Å². The number of esters is 1. The van der Waals surface area contributed by atoms with Crippen LogP contribution in [0.25, 0.3) is 0 Å². The molecule has 0 fully saturated rings. The monoisotopic (exact) mass is 450 g/mol. The van der Waals surface area contributed by atoms with Crippen molar-refractivity contribution in [2.75, 3.05) is 18.9 Å². The Bertz CT molecular complexity index is 711. The first-order chi connectivity index (χ1) is 14.5. The molecule has 0 aliphatic carbocycles. The number of hydrogen-bond donors (Lipinski definition) is 2. The average molecular weight is 451 g/mol. The van der Waals surface area contributed by atoms with E-state index in [1.165, 1.54) is 10.5 Å². The number of hydrogen-bond acceptors (Lipinski definition) is 5. The first kappa shape index (κ1) is 24.7. The van der Waals surface area contributed by atoms with Crippen molar-refractivity contribution in [3.63, 3.8) is 0 Å². The molecule has 1 aliphatic rings. The number of carbonyl (C=O) groups excluding carboxylic acids is 2. The van der Waals surface area contributed by atoms with Gasteiger partial charge in [0.05, 0.1) is 17.6 Å². The van der Waals surface area contributed by atoms with E-state index in [1.54, 1.807) is 0 Å². The molecule has 2 unspecified atom stereocenters. The van der Waals surface area contributed by atoms with Gasteiger partial charge < -0.3 is 15.4 Å². The molecule has 0 saturated carbocycles. The number of benzene rings is 1. The largest absolute Gasteiger partial charge is 0.466 e. The van der Waals surface area contributed by atoms with Crippen molar-refractivity contribution < 1.29 is 14.3 Å². The van der Waals surface area contributed by atoms with Gasteiger partial charge in [0, 0.05) is 29.5 Å². The Labute approximate surface area is 190 Å². The van der Waals surface area contributed by atoms with E-state index < -0.39 is 0 Å². The van der Waals surface area contributed by atoms with E-state index in [-0.39, 0.29) is 23.8 Å². The highest BCUT2D eigenvalue weighted by Gasteiger charge is 2.23. The summed E-state index contributed by atoms with van der Waals surface area (Å²) >= 11 is 7.17. The Hall–Kier alpha value is -1.60. The summed E-state index contributed by atoms with van der Waals surface area (Å²) in [6, 6.07) is 8.49. The van der Waals surface area contributed by atoms with E-state index in [4.69, 9.17) is 17.0 Å². The predicted octanol–water partition coefficient (Wildman–Crippen LogP) is 4.80. The first-order valence-corrected chi connectivity index (χ1v) is 12.3. The lowest BCUT2D eigenvalue weighted by atomic mass is 10.00. The molecule has 2 N–H and O–H groups in total. The van der Waals surface area contributed by atoms with Gasteiger partial charge in [-0.3, -0.25) is 9.59 Å². The van der Waals surface area contributed by atoms with Gasteiger partial charge in [-0.1, -0.05) is 43.8 Å². The zero-order chi connectivity index (χ0) is 21.8. The summed E-state index contributed by atoms with van der Waals surface area (Å²) in [5.41, 5.74) is 1.25. The Morgan fingerprint density at radius 3 is 2.83 bits per heavy atom. The molecule has 166 valence electrons. The maximum Gasteiger partial charge on any atom is 0.305 e. The fraction of sp³-hybridized carbons (Fsp3) is 0.609. The minimum atomic E-state index is -0.164. The summed E-state index contributed by atoms with van der Waals surface area (Å²) in [7, 11) is 0.